The molecule has 0 atom stereocenters. The van der Waals surface area contributed by atoms with Gasteiger partial charge in [0.1, 0.15) is 0 Å². The lowest BCUT2D eigenvalue weighted by Crippen LogP contribution is -2.21. The minimum atomic E-state index is 0. The van der Waals surface area contributed by atoms with Crippen LogP contribution in [0.4, 0.5) is 0 Å². The fraction of sp³-hybridized carbons (Fsp3) is 0.504. The Morgan fingerprint density at radius 2 is 0.368 bits per heavy atom. The first-order valence-corrected chi connectivity index (χ1v) is 43.7. The summed E-state index contributed by atoms with van der Waals surface area (Å²) >= 11 is 0. The van der Waals surface area contributed by atoms with Crippen LogP contribution in [0.15, 0.2) is 224 Å². The van der Waals surface area contributed by atoms with Gasteiger partial charge in [0.15, 0.2) is 0 Å². The molecule has 0 saturated heterocycles. The summed E-state index contributed by atoms with van der Waals surface area (Å²) in [6, 6.07) is 83.2. The molecule has 0 spiro atoms. The highest BCUT2D eigenvalue weighted by Crippen LogP contribution is 2.38. The van der Waals surface area contributed by atoms with E-state index in [2.05, 4.69) is 522 Å². The van der Waals surface area contributed by atoms with Gasteiger partial charge in [0.25, 0.3) is 0 Å². The second-order valence-corrected chi connectivity index (χ2v) is 47.7. The van der Waals surface area contributed by atoms with Gasteiger partial charge in [-0.15, -0.1) is 0 Å². The van der Waals surface area contributed by atoms with Crippen LogP contribution >= 0.6 is 0 Å². The average molecular weight is 1580 g/mol. The van der Waals surface area contributed by atoms with Gasteiger partial charge in [-0.2, -0.15) is 0 Å². The smallest absolute Gasteiger partial charge is 0.00258 e. The first-order valence-electron chi connectivity index (χ1n) is 43.7. The average Bonchev–Trinajstić information content (AvgIpc) is 0.809. The predicted octanol–water partition coefficient (Wildman–Crippen LogP) is 35.3. The van der Waals surface area contributed by atoms with E-state index >= 15 is 0 Å². The van der Waals surface area contributed by atoms with Crippen molar-refractivity contribution in [1.29, 1.82) is 0 Å². The lowest BCUT2D eigenvalue weighted by molar-refractivity contribution is 0.530. The zero-order chi connectivity index (χ0) is 89.0. The van der Waals surface area contributed by atoms with Crippen molar-refractivity contribution in [1.82, 2.24) is 0 Å². The Bertz CT molecular complexity index is 4370. The van der Waals surface area contributed by atoms with Gasteiger partial charge in [-0.3, -0.25) is 0 Å². The molecule has 0 aliphatic heterocycles. The quantitative estimate of drug-likeness (QED) is 0.165. The van der Waals surface area contributed by atoms with Crippen molar-refractivity contribution in [3.8, 4) is 11.1 Å². The first kappa shape index (κ1) is 104. The third-order valence-electron chi connectivity index (χ3n) is 22.1. The Hall–Kier alpha value is -7.54. The SMILES string of the molecule is C.CC(C)(C)c1ccc(-c2ccc(C(C)(C)C)cc2)cc1.CC(C)(C)c1ccc(C(C)(C)C)cc1.CC(C)(C)c1ccc(Cc2ccc(C(C)(C)C)cc2)cc1.CC(C)(C)c1ccc2ccc(C(C)(C)C)cc2c1.CC(C)(C)c1cccc(C(C)(C)C)c1.CC(C)(C)c1ccccc1C(C)(C)C.Cc1cc(C(C)(C)C)ccc1C(C)(C)C. The van der Waals surface area contributed by atoms with Crippen molar-refractivity contribution in [2.75, 3.05) is 0 Å². The fourth-order valence-electron chi connectivity index (χ4n) is 13.7. The van der Waals surface area contributed by atoms with Gasteiger partial charge in [0.05, 0.1) is 0 Å². The van der Waals surface area contributed by atoms with Crippen molar-refractivity contribution in [3.63, 3.8) is 0 Å². The molecule has 10 rings (SSSR count). The summed E-state index contributed by atoms with van der Waals surface area (Å²) in [6.45, 7) is 97.2. The summed E-state index contributed by atoms with van der Waals surface area (Å²) in [7, 11) is 0. The van der Waals surface area contributed by atoms with Crippen LogP contribution in [0.2, 0.25) is 0 Å². The minimum Gasteiger partial charge on any atom is -0.0776 e. The van der Waals surface area contributed by atoms with Gasteiger partial charge in [0.2, 0.25) is 0 Å². The number of benzene rings is 10. The molecule has 0 aliphatic carbocycles. The van der Waals surface area contributed by atoms with Crippen LogP contribution in [0.3, 0.4) is 0 Å². The number of fused-ring (bicyclic) bond motifs is 1. The largest absolute Gasteiger partial charge is 0.0776 e. The van der Waals surface area contributed by atoms with Crippen LogP contribution < -0.4 is 0 Å². The summed E-state index contributed by atoms with van der Waals surface area (Å²) in [5.41, 5.74) is 29.9. The molecule has 0 aromatic heterocycles. The standard InChI is InChI=1S/C21H28.C20H26.C18H24.C15H24.3C14H22.CH4/c1-20(2,3)18-11-7-16(8-12-18)15-17-9-13-19(14-10-17)21(4,5)6;1-19(2,3)17-11-7-15(8-12-17)16-9-13-18(14-10-16)20(4,5)6;1-17(2,3)15-9-7-13-8-10-16(18(4,5)6)12-14(13)11-15;1-11-10-12(14(2,3)4)8-9-13(11)15(5,6)7;1-13(2,3)11-7-9-12(10-8-11)14(4,5)6;1-13(2,3)11-8-7-9-12(10-11)14(4,5)6;1-13(2,3)11-9-7-8-10-12(11)14(4,5)6;/h7-14H,15H2,1-6H3;7-14H,1-6H3;7-12H,1-6H3;8-10H,1-7H3;3*7-10H,1-6H3;1H4. The zero-order valence-corrected chi connectivity index (χ0v) is 82.6. The molecule has 0 radical (unpaired) electrons. The van der Waals surface area contributed by atoms with E-state index in [0.29, 0.717) is 0 Å². The molecular formula is C117H172. The Kier molecular flexibility index (Phi) is 35.2. The molecule has 10 aromatic rings. The zero-order valence-electron chi connectivity index (χ0n) is 82.6. The highest BCUT2D eigenvalue weighted by molar-refractivity contribution is 5.84. The molecule has 640 valence electrons. The van der Waals surface area contributed by atoms with Crippen LogP contribution in [0.1, 0.15) is 393 Å². The van der Waals surface area contributed by atoms with Crippen LogP contribution in [0.5, 0.6) is 0 Å². The van der Waals surface area contributed by atoms with E-state index in [1.54, 1.807) is 0 Å². The topological polar surface area (TPSA) is 0 Å². The molecule has 117 heavy (non-hydrogen) atoms. The summed E-state index contributed by atoms with van der Waals surface area (Å²) in [4.78, 5) is 0. The number of hydrogen-bond donors (Lipinski definition) is 0. The third-order valence-corrected chi connectivity index (χ3v) is 22.1. The van der Waals surface area contributed by atoms with Crippen LogP contribution in [-0.2, 0) is 82.2 Å². The minimum absolute atomic E-state index is 0. The van der Waals surface area contributed by atoms with Gasteiger partial charge in [-0.05, 0) is 206 Å². The third kappa shape index (κ3) is 33.9. The fourth-order valence-corrected chi connectivity index (χ4v) is 13.7. The molecule has 0 nitrogen and oxygen atoms in total. The molecule has 0 N–H and O–H groups in total. The number of hydrogen-bond acceptors (Lipinski definition) is 0. The van der Waals surface area contributed by atoms with E-state index in [4.69, 9.17) is 0 Å². The van der Waals surface area contributed by atoms with E-state index in [1.165, 1.54) is 116 Å². The molecule has 0 bridgehead atoms. The van der Waals surface area contributed by atoms with Crippen molar-refractivity contribution < 1.29 is 0 Å². The van der Waals surface area contributed by atoms with E-state index in [-0.39, 0.29) is 83.2 Å². The predicted molar refractivity (Wildman–Crippen MR) is 531 cm³/mol. The lowest BCUT2D eigenvalue weighted by Gasteiger charge is -2.29. The number of rotatable bonds is 3. The van der Waals surface area contributed by atoms with Crippen molar-refractivity contribution >= 4 is 10.8 Å². The normalized spacial score (nSPS) is 12.7. The summed E-state index contributed by atoms with van der Waals surface area (Å²) in [6.07, 6.45) is 1.01. The molecule has 10 aromatic carbocycles. The van der Waals surface area contributed by atoms with Gasteiger partial charge in [0, 0.05) is 0 Å². The molecule has 0 unspecified atom stereocenters. The van der Waals surface area contributed by atoms with Crippen LogP contribution in [0.25, 0.3) is 21.9 Å². The molecule has 0 aliphatic rings. The van der Waals surface area contributed by atoms with Crippen LogP contribution in [-0.4, -0.2) is 0 Å². The Balaban J connectivity index is 0.000000355. The maximum absolute atomic E-state index is 2.34. The maximum Gasteiger partial charge on any atom is -0.00258 e. The van der Waals surface area contributed by atoms with E-state index in [9.17, 15) is 0 Å². The van der Waals surface area contributed by atoms with Gasteiger partial charge in [-0.25, -0.2) is 0 Å². The molecule has 0 fully saturated rings. The van der Waals surface area contributed by atoms with Crippen molar-refractivity contribution in [2.24, 2.45) is 0 Å². The molecule has 0 heteroatoms. The second-order valence-electron chi connectivity index (χ2n) is 47.7. The van der Waals surface area contributed by atoms with Gasteiger partial charge < -0.3 is 0 Å². The van der Waals surface area contributed by atoms with Gasteiger partial charge in [-0.1, -0.05) is 523 Å². The molecule has 0 saturated carbocycles. The van der Waals surface area contributed by atoms with Crippen molar-refractivity contribution in [3.05, 3.63) is 319 Å². The maximum atomic E-state index is 2.34. The van der Waals surface area contributed by atoms with E-state index < -0.39 is 0 Å². The Morgan fingerprint density at radius 3 is 0.598 bits per heavy atom. The number of aryl methyl sites for hydroxylation is 1. The highest BCUT2D eigenvalue weighted by atomic mass is 14.3. The Labute approximate surface area is 723 Å². The monoisotopic (exact) mass is 1580 g/mol. The lowest BCUT2D eigenvalue weighted by atomic mass is 9.75. The molecule has 0 amide bonds. The summed E-state index contributed by atoms with van der Waals surface area (Å²) in [5.74, 6) is 0. The van der Waals surface area contributed by atoms with E-state index in [0.717, 1.165) is 6.42 Å². The first-order chi connectivity index (χ1) is 52.3. The summed E-state index contributed by atoms with van der Waals surface area (Å²) in [5, 5.41) is 2.69. The Morgan fingerprint density at radius 1 is 0.162 bits per heavy atom. The summed E-state index contributed by atoms with van der Waals surface area (Å²) < 4.78 is 0. The van der Waals surface area contributed by atoms with Crippen LogP contribution in [0, 0.1) is 6.92 Å². The van der Waals surface area contributed by atoms with Crippen molar-refractivity contribution in [2.45, 2.75) is 387 Å². The highest BCUT2D eigenvalue weighted by Gasteiger charge is 2.27. The molecule has 0 heterocycles. The second kappa shape index (κ2) is 39.8. The van der Waals surface area contributed by atoms with Gasteiger partial charge >= 0.3 is 0 Å². The molecular weight excluding hydrogens is 1410 g/mol. The van der Waals surface area contributed by atoms with E-state index in [1.807, 2.05) is 0 Å².